The van der Waals surface area contributed by atoms with E-state index in [0.29, 0.717) is 5.56 Å². The molecule has 0 bridgehead atoms. The van der Waals surface area contributed by atoms with E-state index in [4.69, 9.17) is 5.73 Å². The molecule has 0 aliphatic carbocycles. The Kier molecular flexibility index (Phi) is 3.13. The molecule has 0 saturated carbocycles. The van der Waals surface area contributed by atoms with Gasteiger partial charge in [0.2, 0.25) is 0 Å². The van der Waals surface area contributed by atoms with Crippen LogP contribution in [0.25, 0.3) is 22.5 Å². The van der Waals surface area contributed by atoms with E-state index < -0.39 is 0 Å². The van der Waals surface area contributed by atoms with Crippen molar-refractivity contribution in [1.29, 1.82) is 5.26 Å². The number of rotatable bonds is 2. The summed E-state index contributed by atoms with van der Waals surface area (Å²) in [4.78, 5) is 8.33. The number of nitrogens with zero attached hydrogens (tertiary/aromatic N) is 4. The number of hydrogen-bond acceptors (Lipinski definition) is 4. The van der Waals surface area contributed by atoms with Gasteiger partial charge < -0.3 is 10.3 Å². The Morgan fingerprint density at radius 2 is 2.00 bits per heavy atom. The monoisotopic (exact) mass is 275 g/mol. The molecule has 0 atom stereocenters. The van der Waals surface area contributed by atoms with Gasteiger partial charge in [0.1, 0.15) is 17.5 Å². The molecular weight excluding hydrogens is 262 g/mol. The van der Waals surface area contributed by atoms with Crippen LogP contribution < -0.4 is 5.73 Å². The molecule has 3 heterocycles. The minimum Gasteiger partial charge on any atom is -0.383 e. The van der Waals surface area contributed by atoms with Gasteiger partial charge in [-0.2, -0.15) is 5.26 Å². The molecule has 3 aromatic heterocycles. The molecule has 2 N–H and O–H groups in total. The van der Waals surface area contributed by atoms with Crippen LogP contribution in [0, 0.1) is 11.3 Å². The topological polar surface area (TPSA) is 80.5 Å². The van der Waals surface area contributed by atoms with Crippen molar-refractivity contribution in [2.75, 3.05) is 5.73 Å². The van der Waals surface area contributed by atoms with E-state index in [1.807, 2.05) is 48.1 Å². The van der Waals surface area contributed by atoms with Crippen molar-refractivity contribution in [3.05, 3.63) is 54.5 Å². The second-order valence-electron chi connectivity index (χ2n) is 4.67. The molecule has 0 aliphatic rings. The minimum atomic E-state index is 0.239. The maximum absolute atomic E-state index is 9.36. The van der Waals surface area contributed by atoms with Crippen molar-refractivity contribution in [2.24, 2.45) is 7.05 Å². The number of hydrogen-bond donors (Lipinski definition) is 1. The van der Waals surface area contributed by atoms with Gasteiger partial charge in [-0.05, 0) is 30.3 Å². The second-order valence-corrected chi connectivity index (χ2v) is 4.67. The standard InChI is InChI=1S/C16H13N5/c1-21-8-2-3-15(21)12-9-14(11-4-6-19-7-5-11)20-16(18)13(12)10-17/h2-9H,1H3,(H2,18,20). The lowest BCUT2D eigenvalue weighted by Gasteiger charge is -2.10. The summed E-state index contributed by atoms with van der Waals surface area (Å²) in [6, 6.07) is 11.6. The van der Waals surface area contributed by atoms with E-state index in [1.54, 1.807) is 12.4 Å². The van der Waals surface area contributed by atoms with E-state index in [1.165, 1.54) is 0 Å². The predicted molar refractivity (Wildman–Crippen MR) is 81.0 cm³/mol. The smallest absolute Gasteiger partial charge is 0.142 e. The van der Waals surface area contributed by atoms with Gasteiger partial charge >= 0.3 is 0 Å². The maximum Gasteiger partial charge on any atom is 0.142 e. The van der Waals surface area contributed by atoms with Gasteiger partial charge in [-0.1, -0.05) is 0 Å². The average Bonchev–Trinajstić information content (AvgIpc) is 2.93. The molecule has 21 heavy (non-hydrogen) atoms. The summed E-state index contributed by atoms with van der Waals surface area (Å²) >= 11 is 0. The molecule has 102 valence electrons. The summed E-state index contributed by atoms with van der Waals surface area (Å²) in [5.41, 5.74) is 9.71. The molecule has 0 saturated heterocycles. The predicted octanol–water partition coefficient (Wildman–Crippen LogP) is 2.60. The van der Waals surface area contributed by atoms with Gasteiger partial charge in [-0.25, -0.2) is 4.98 Å². The zero-order valence-electron chi connectivity index (χ0n) is 11.5. The first-order valence-electron chi connectivity index (χ1n) is 6.43. The molecule has 5 heteroatoms. The zero-order chi connectivity index (χ0) is 14.8. The van der Waals surface area contributed by atoms with Gasteiger partial charge in [0, 0.05) is 42.5 Å². The SMILES string of the molecule is Cn1cccc1-c1cc(-c2ccncc2)nc(N)c1C#N. The Morgan fingerprint density at radius 3 is 2.62 bits per heavy atom. The summed E-state index contributed by atoms with van der Waals surface area (Å²) in [7, 11) is 1.93. The van der Waals surface area contributed by atoms with Gasteiger partial charge in [-0.15, -0.1) is 0 Å². The van der Waals surface area contributed by atoms with E-state index in [-0.39, 0.29) is 5.82 Å². The van der Waals surface area contributed by atoms with Crippen molar-refractivity contribution < 1.29 is 0 Å². The van der Waals surface area contributed by atoms with Crippen LogP contribution in [0.1, 0.15) is 5.56 Å². The Morgan fingerprint density at radius 1 is 1.24 bits per heavy atom. The van der Waals surface area contributed by atoms with Crippen LogP contribution in [0.5, 0.6) is 0 Å². The summed E-state index contributed by atoms with van der Waals surface area (Å²) in [5, 5.41) is 9.36. The Bertz CT molecular complexity index is 828. The lowest BCUT2D eigenvalue weighted by Crippen LogP contribution is -2.01. The highest BCUT2D eigenvalue weighted by atomic mass is 14.9. The van der Waals surface area contributed by atoms with E-state index in [0.717, 1.165) is 22.5 Å². The summed E-state index contributed by atoms with van der Waals surface area (Å²) in [6.07, 6.45) is 5.33. The summed E-state index contributed by atoms with van der Waals surface area (Å²) < 4.78 is 1.95. The number of anilines is 1. The van der Waals surface area contributed by atoms with Crippen molar-refractivity contribution in [1.82, 2.24) is 14.5 Å². The van der Waals surface area contributed by atoms with Crippen LogP contribution in [0.3, 0.4) is 0 Å². The normalized spacial score (nSPS) is 10.3. The van der Waals surface area contributed by atoms with Gasteiger partial charge in [0.15, 0.2) is 0 Å². The molecule has 0 unspecified atom stereocenters. The third-order valence-corrected chi connectivity index (χ3v) is 3.36. The van der Waals surface area contributed by atoms with Crippen LogP contribution >= 0.6 is 0 Å². The number of aromatic nitrogens is 3. The molecule has 0 aliphatic heterocycles. The van der Waals surface area contributed by atoms with Crippen molar-refractivity contribution in [2.45, 2.75) is 0 Å². The van der Waals surface area contributed by atoms with Crippen molar-refractivity contribution in [3.63, 3.8) is 0 Å². The highest BCUT2D eigenvalue weighted by molar-refractivity contribution is 5.78. The number of nitriles is 1. The molecule has 0 spiro atoms. The number of nitrogens with two attached hydrogens (primary N) is 1. The fourth-order valence-electron chi connectivity index (χ4n) is 2.30. The van der Waals surface area contributed by atoms with Crippen molar-refractivity contribution in [3.8, 4) is 28.6 Å². The fourth-order valence-corrected chi connectivity index (χ4v) is 2.30. The highest BCUT2D eigenvalue weighted by Crippen LogP contribution is 2.30. The van der Waals surface area contributed by atoms with Crippen LogP contribution in [0.2, 0.25) is 0 Å². The summed E-state index contributed by atoms with van der Waals surface area (Å²) in [6.45, 7) is 0. The molecule has 3 rings (SSSR count). The number of pyridine rings is 2. The Labute approximate surface area is 122 Å². The van der Waals surface area contributed by atoms with Gasteiger partial charge in [0.25, 0.3) is 0 Å². The van der Waals surface area contributed by atoms with Crippen LogP contribution in [0.15, 0.2) is 48.9 Å². The van der Waals surface area contributed by atoms with E-state index in [2.05, 4.69) is 16.0 Å². The Balaban J connectivity index is 2.26. The first kappa shape index (κ1) is 12.9. The molecule has 0 fully saturated rings. The second kappa shape index (κ2) is 5.10. The van der Waals surface area contributed by atoms with E-state index >= 15 is 0 Å². The molecule has 0 aromatic carbocycles. The third-order valence-electron chi connectivity index (χ3n) is 3.36. The first-order chi connectivity index (χ1) is 10.2. The van der Waals surface area contributed by atoms with E-state index in [9.17, 15) is 5.26 Å². The van der Waals surface area contributed by atoms with Gasteiger partial charge in [0.05, 0.1) is 5.69 Å². The highest BCUT2D eigenvalue weighted by Gasteiger charge is 2.14. The van der Waals surface area contributed by atoms with Crippen LogP contribution in [0.4, 0.5) is 5.82 Å². The maximum atomic E-state index is 9.36. The van der Waals surface area contributed by atoms with Crippen LogP contribution in [-0.4, -0.2) is 14.5 Å². The largest absolute Gasteiger partial charge is 0.383 e. The first-order valence-corrected chi connectivity index (χ1v) is 6.43. The lowest BCUT2D eigenvalue weighted by atomic mass is 10.0. The average molecular weight is 275 g/mol. The molecule has 5 nitrogen and oxygen atoms in total. The number of nitrogen functional groups attached to an aromatic ring is 1. The third kappa shape index (κ3) is 2.23. The summed E-state index contributed by atoms with van der Waals surface area (Å²) in [5.74, 6) is 0.239. The lowest BCUT2D eigenvalue weighted by molar-refractivity contribution is 0.936. The number of aryl methyl sites for hydroxylation is 1. The van der Waals surface area contributed by atoms with Crippen LogP contribution in [-0.2, 0) is 7.05 Å². The fraction of sp³-hybridized carbons (Fsp3) is 0.0625. The zero-order valence-corrected chi connectivity index (χ0v) is 11.5. The molecular formula is C16H13N5. The Hall–Kier alpha value is -3.13. The molecule has 0 radical (unpaired) electrons. The van der Waals surface area contributed by atoms with Gasteiger partial charge in [-0.3, -0.25) is 4.98 Å². The van der Waals surface area contributed by atoms with Crippen molar-refractivity contribution >= 4 is 5.82 Å². The quantitative estimate of drug-likeness (QED) is 0.779. The molecule has 0 amide bonds. The molecule has 3 aromatic rings. The minimum absolute atomic E-state index is 0.239.